The fraction of sp³-hybridized carbons (Fsp3) is 0.312. The molecular weight excluding hydrogens is 332 g/mol. The number of aromatic nitrogens is 1. The van der Waals surface area contributed by atoms with Crippen LogP contribution in [0.25, 0.3) is 0 Å². The van der Waals surface area contributed by atoms with E-state index in [2.05, 4.69) is 4.98 Å². The topological polar surface area (TPSA) is 88.7 Å². The molecule has 0 unspecified atom stereocenters. The Bertz CT molecular complexity index is 796. The van der Waals surface area contributed by atoms with Crippen molar-refractivity contribution in [3.8, 4) is 0 Å². The Morgan fingerprint density at radius 2 is 2.00 bits per heavy atom. The van der Waals surface area contributed by atoms with Gasteiger partial charge in [-0.3, -0.25) is 0 Å². The third-order valence-electron chi connectivity index (χ3n) is 3.69. The summed E-state index contributed by atoms with van der Waals surface area (Å²) in [6.07, 6.45) is 1.63. The molecule has 0 spiro atoms. The molecule has 0 atom stereocenters. The summed E-state index contributed by atoms with van der Waals surface area (Å²) < 4.78 is 37.0. The van der Waals surface area contributed by atoms with Crippen molar-refractivity contribution in [3.05, 3.63) is 53.9 Å². The maximum absolute atomic E-state index is 12.6. The van der Waals surface area contributed by atoms with Crippen LogP contribution < -0.4 is 0 Å². The number of nitrogens with one attached hydrogen (secondary N) is 1. The summed E-state index contributed by atoms with van der Waals surface area (Å²) in [5.74, 6) is -0.485. The van der Waals surface area contributed by atoms with E-state index in [1.54, 1.807) is 36.5 Å². The van der Waals surface area contributed by atoms with E-state index in [1.165, 1.54) is 10.4 Å². The van der Waals surface area contributed by atoms with Crippen LogP contribution in [0, 0.1) is 0 Å². The highest BCUT2D eigenvalue weighted by molar-refractivity contribution is 7.89. The SMILES string of the molecule is O=C(OCc1cccc(S(=O)(=O)N2CCOCC2)c1)c1ccc[nH]1. The minimum absolute atomic E-state index is 0.00429. The summed E-state index contributed by atoms with van der Waals surface area (Å²) in [4.78, 5) is 14.8. The number of carbonyl (C=O) groups is 1. The second kappa shape index (κ2) is 7.16. The zero-order valence-electron chi connectivity index (χ0n) is 13.0. The Morgan fingerprint density at radius 1 is 1.21 bits per heavy atom. The lowest BCUT2D eigenvalue weighted by Crippen LogP contribution is -2.40. The summed E-state index contributed by atoms with van der Waals surface area (Å²) in [6.45, 7) is 1.48. The van der Waals surface area contributed by atoms with Gasteiger partial charge in [-0.05, 0) is 29.8 Å². The van der Waals surface area contributed by atoms with Crippen LogP contribution in [0.2, 0.25) is 0 Å². The van der Waals surface area contributed by atoms with Gasteiger partial charge < -0.3 is 14.5 Å². The molecule has 1 aromatic carbocycles. The van der Waals surface area contributed by atoms with E-state index >= 15 is 0 Å². The lowest BCUT2D eigenvalue weighted by Gasteiger charge is -2.26. The predicted molar refractivity (Wildman–Crippen MR) is 85.9 cm³/mol. The van der Waals surface area contributed by atoms with Gasteiger partial charge in [-0.25, -0.2) is 13.2 Å². The van der Waals surface area contributed by atoms with Crippen molar-refractivity contribution >= 4 is 16.0 Å². The lowest BCUT2D eigenvalue weighted by atomic mass is 10.2. The number of rotatable bonds is 5. The first-order valence-electron chi connectivity index (χ1n) is 7.55. The molecule has 2 aromatic rings. The molecule has 1 N–H and O–H groups in total. The van der Waals surface area contributed by atoms with Crippen molar-refractivity contribution in [2.24, 2.45) is 0 Å². The molecular formula is C16H18N2O5S. The molecule has 8 heteroatoms. The van der Waals surface area contributed by atoms with Gasteiger partial charge in [0, 0.05) is 19.3 Å². The average Bonchev–Trinajstić information content (AvgIpc) is 3.15. The Balaban J connectivity index is 1.70. The van der Waals surface area contributed by atoms with E-state index in [0.29, 0.717) is 37.6 Å². The summed E-state index contributed by atoms with van der Waals surface area (Å²) >= 11 is 0. The number of benzene rings is 1. The van der Waals surface area contributed by atoms with Crippen molar-refractivity contribution in [2.75, 3.05) is 26.3 Å². The van der Waals surface area contributed by atoms with Gasteiger partial charge in [-0.15, -0.1) is 0 Å². The standard InChI is InChI=1S/C16H18N2O5S/c19-16(15-5-2-6-17-15)23-12-13-3-1-4-14(11-13)24(20,21)18-7-9-22-10-8-18/h1-6,11,17H,7-10,12H2. The van der Waals surface area contributed by atoms with Gasteiger partial charge in [0.25, 0.3) is 0 Å². The number of carbonyl (C=O) groups excluding carboxylic acids is 1. The third-order valence-corrected chi connectivity index (χ3v) is 5.59. The van der Waals surface area contributed by atoms with Crippen LogP contribution in [0.15, 0.2) is 47.5 Å². The first kappa shape index (κ1) is 16.7. The number of hydrogen-bond acceptors (Lipinski definition) is 5. The van der Waals surface area contributed by atoms with E-state index in [9.17, 15) is 13.2 Å². The smallest absolute Gasteiger partial charge is 0.355 e. The number of esters is 1. The van der Waals surface area contributed by atoms with Crippen molar-refractivity contribution in [2.45, 2.75) is 11.5 Å². The molecule has 0 radical (unpaired) electrons. The van der Waals surface area contributed by atoms with Crippen LogP contribution in [-0.4, -0.2) is 50.0 Å². The molecule has 0 saturated carbocycles. The van der Waals surface area contributed by atoms with Crippen LogP contribution in [0.3, 0.4) is 0 Å². The molecule has 1 aliphatic heterocycles. The first-order chi connectivity index (χ1) is 11.6. The molecule has 0 amide bonds. The quantitative estimate of drug-likeness (QED) is 0.823. The van der Waals surface area contributed by atoms with Gasteiger partial charge in [0.2, 0.25) is 10.0 Å². The maximum atomic E-state index is 12.6. The van der Waals surface area contributed by atoms with Crippen LogP contribution >= 0.6 is 0 Å². The van der Waals surface area contributed by atoms with Gasteiger partial charge >= 0.3 is 5.97 Å². The van der Waals surface area contributed by atoms with Gasteiger partial charge in [-0.2, -0.15) is 4.31 Å². The molecule has 24 heavy (non-hydrogen) atoms. The minimum Gasteiger partial charge on any atom is -0.456 e. The number of morpholine rings is 1. The third kappa shape index (κ3) is 3.66. The van der Waals surface area contributed by atoms with Crippen molar-refractivity contribution in [1.82, 2.24) is 9.29 Å². The molecule has 1 fully saturated rings. The van der Waals surface area contributed by atoms with E-state index in [0.717, 1.165) is 0 Å². The summed E-state index contributed by atoms with van der Waals surface area (Å²) in [6, 6.07) is 9.76. The number of aromatic amines is 1. The highest BCUT2D eigenvalue weighted by Crippen LogP contribution is 2.19. The van der Waals surface area contributed by atoms with Crippen molar-refractivity contribution < 1.29 is 22.7 Å². The molecule has 7 nitrogen and oxygen atoms in total. The zero-order valence-corrected chi connectivity index (χ0v) is 13.8. The second-order valence-corrected chi connectivity index (χ2v) is 7.26. The molecule has 3 rings (SSSR count). The fourth-order valence-electron chi connectivity index (χ4n) is 2.42. The van der Waals surface area contributed by atoms with Gasteiger partial charge in [0.05, 0.1) is 18.1 Å². The second-order valence-electron chi connectivity index (χ2n) is 5.32. The van der Waals surface area contributed by atoms with Crippen molar-refractivity contribution in [1.29, 1.82) is 0 Å². The number of H-pyrrole nitrogens is 1. The summed E-state index contributed by atoms with van der Waals surface area (Å²) in [5, 5.41) is 0. The average molecular weight is 350 g/mol. The van der Waals surface area contributed by atoms with E-state index in [1.807, 2.05) is 0 Å². The largest absolute Gasteiger partial charge is 0.456 e. The molecule has 128 valence electrons. The number of sulfonamides is 1. The summed E-state index contributed by atoms with van der Waals surface area (Å²) in [5.41, 5.74) is 0.969. The first-order valence-corrected chi connectivity index (χ1v) is 8.99. The van der Waals surface area contributed by atoms with Gasteiger partial charge in [0.15, 0.2) is 0 Å². The van der Waals surface area contributed by atoms with Crippen LogP contribution in [0.1, 0.15) is 16.1 Å². The predicted octanol–water partition coefficient (Wildman–Crippen LogP) is 1.39. The number of ether oxygens (including phenoxy) is 2. The molecule has 0 bridgehead atoms. The van der Waals surface area contributed by atoms with E-state index in [4.69, 9.17) is 9.47 Å². The Hall–Kier alpha value is -2.16. The Morgan fingerprint density at radius 3 is 2.71 bits per heavy atom. The molecule has 1 saturated heterocycles. The zero-order chi connectivity index (χ0) is 17.0. The molecule has 1 aliphatic rings. The highest BCUT2D eigenvalue weighted by atomic mass is 32.2. The Kier molecular flexibility index (Phi) is 4.98. The maximum Gasteiger partial charge on any atom is 0.355 e. The van der Waals surface area contributed by atoms with E-state index in [-0.39, 0.29) is 11.5 Å². The van der Waals surface area contributed by atoms with Crippen LogP contribution in [-0.2, 0) is 26.1 Å². The lowest BCUT2D eigenvalue weighted by molar-refractivity contribution is 0.0466. The monoisotopic (exact) mass is 350 g/mol. The normalized spacial score (nSPS) is 16.0. The Labute approximate surface area is 140 Å². The minimum atomic E-state index is -3.56. The van der Waals surface area contributed by atoms with Gasteiger partial charge in [0.1, 0.15) is 12.3 Å². The fourth-order valence-corrected chi connectivity index (χ4v) is 3.89. The van der Waals surface area contributed by atoms with Crippen LogP contribution in [0.5, 0.6) is 0 Å². The summed E-state index contributed by atoms with van der Waals surface area (Å²) in [7, 11) is -3.56. The highest BCUT2D eigenvalue weighted by Gasteiger charge is 2.26. The molecule has 2 heterocycles. The number of nitrogens with zero attached hydrogens (tertiary/aromatic N) is 1. The van der Waals surface area contributed by atoms with Crippen molar-refractivity contribution in [3.63, 3.8) is 0 Å². The van der Waals surface area contributed by atoms with E-state index < -0.39 is 16.0 Å². The van der Waals surface area contributed by atoms with Crippen LogP contribution in [0.4, 0.5) is 0 Å². The molecule has 1 aromatic heterocycles. The molecule has 0 aliphatic carbocycles. The number of hydrogen-bond donors (Lipinski definition) is 1. The van der Waals surface area contributed by atoms with Gasteiger partial charge in [-0.1, -0.05) is 12.1 Å².